The number of rotatable bonds is 2. The second-order valence-electron chi connectivity index (χ2n) is 5.00. The Morgan fingerprint density at radius 3 is 2.77 bits per heavy atom. The zero-order valence-corrected chi connectivity index (χ0v) is 12.6. The van der Waals surface area contributed by atoms with Crippen LogP contribution >= 0.6 is 11.3 Å². The maximum atomic E-state index is 12.3. The molecule has 3 aromatic heterocycles. The molecule has 0 radical (unpaired) electrons. The Bertz CT molecular complexity index is 1010. The van der Waals surface area contributed by atoms with E-state index in [1.807, 2.05) is 42.6 Å². The molecule has 0 atom stereocenters. The summed E-state index contributed by atoms with van der Waals surface area (Å²) in [7, 11) is 0. The summed E-state index contributed by atoms with van der Waals surface area (Å²) in [5.74, 6) is 0. The highest BCUT2D eigenvalue weighted by molar-refractivity contribution is 7.13. The number of nitrogens with one attached hydrogen (secondary N) is 1. The van der Waals surface area contributed by atoms with Crippen molar-refractivity contribution in [3.8, 4) is 21.8 Å². The SMILES string of the molecule is Cc1csc(-c2cnn3c(=O)cc(-c4ccccc4)[nH]c23)n1. The summed E-state index contributed by atoms with van der Waals surface area (Å²) >= 11 is 1.54. The number of benzene rings is 1. The van der Waals surface area contributed by atoms with Gasteiger partial charge in [-0.25, -0.2) is 4.98 Å². The molecule has 0 unspecified atom stereocenters. The molecule has 0 spiro atoms. The highest BCUT2D eigenvalue weighted by atomic mass is 32.1. The topological polar surface area (TPSA) is 63.1 Å². The van der Waals surface area contributed by atoms with Crippen LogP contribution in [0.5, 0.6) is 0 Å². The highest BCUT2D eigenvalue weighted by Crippen LogP contribution is 2.27. The molecule has 1 N–H and O–H groups in total. The van der Waals surface area contributed by atoms with Gasteiger partial charge in [0.2, 0.25) is 0 Å². The van der Waals surface area contributed by atoms with Gasteiger partial charge in [-0.05, 0) is 12.5 Å². The second-order valence-corrected chi connectivity index (χ2v) is 5.86. The summed E-state index contributed by atoms with van der Waals surface area (Å²) in [6.07, 6.45) is 1.68. The second kappa shape index (κ2) is 4.92. The molecule has 4 aromatic rings. The lowest BCUT2D eigenvalue weighted by Gasteiger charge is -2.03. The van der Waals surface area contributed by atoms with Gasteiger partial charge in [-0.15, -0.1) is 11.3 Å². The minimum Gasteiger partial charge on any atom is -0.339 e. The van der Waals surface area contributed by atoms with Gasteiger partial charge in [0.1, 0.15) is 10.7 Å². The largest absolute Gasteiger partial charge is 0.339 e. The van der Waals surface area contributed by atoms with Crippen molar-refractivity contribution in [1.82, 2.24) is 19.6 Å². The van der Waals surface area contributed by atoms with E-state index >= 15 is 0 Å². The molecular weight excluding hydrogens is 296 g/mol. The number of hydrogen-bond donors (Lipinski definition) is 1. The molecule has 22 heavy (non-hydrogen) atoms. The van der Waals surface area contributed by atoms with Gasteiger partial charge in [-0.1, -0.05) is 30.3 Å². The van der Waals surface area contributed by atoms with E-state index < -0.39 is 0 Å². The van der Waals surface area contributed by atoms with Gasteiger partial charge in [0.05, 0.1) is 17.5 Å². The molecule has 0 aliphatic carbocycles. The van der Waals surface area contributed by atoms with Crippen LogP contribution in [0.3, 0.4) is 0 Å². The maximum absolute atomic E-state index is 12.3. The Morgan fingerprint density at radius 2 is 2.05 bits per heavy atom. The fourth-order valence-corrected chi connectivity index (χ4v) is 3.20. The number of aromatic nitrogens is 4. The van der Waals surface area contributed by atoms with Gasteiger partial charge in [0.15, 0.2) is 0 Å². The molecule has 3 heterocycles. The molecule has 0 amide bonds. The van der Waals surface area contributed by atoms with E-state index in [1.165, 1.54) is 4.52 Å². The molecule has 108 valence electrons. The van der Waals surface area contributed by atoms with E-state index in [2.05, 4.69) is 15.1 Å². The van der Waals surface area contributed by atoms with Crippen LogP contribution in [0.2, 0.25) is 0 Å². The maximum Gasteiger partial charge on any atom is 0.274 e. The van der Waals surface area contributed by atoms with Gasteiger partial charge < -0.3 is 4.98 Å². The van der Waals surface area contributed by atoms with Crippen molar-refractivity contribution in [2.45, 2.75) is 6.92 Å². The van der Waals surface area contributed by atoms with Crippen LogP contribution in [0.4, 0.5) is 0 Å². The molecule has 0 bridgehead atoms. The summed E-state index contributed by atoms with van der Waals surface area (Å²) < 4.78 is 1.37. The lowest BCUT2D eigenvalue weighted by molar-refractivity contribution is 0.901. The van der Waals surface area contributed by atoms with Crippen LogP contribution in [-0.2, 0) is 0 Å². The number of thiazole rings is 1. The Kier molecular flexibility index (Phi) is 2.90. The van der Waals surface area contributed by atoms with Crippen LogP contribution in [0.15, 0.2) is 52.8 Å². The molecule has 6 heteroatoms. The van der Waals surface area contributed by atoms with Crippen molar-refractivity contribution in [1.29, 1.82) is 0 Å². The Hall–Kier alpha value is -2.73. The van der Waals surface area contributed by atoms with Gasteiger partial charge in [0, 0.05) is 17.1 Å². The molecular formula is C16H12N4OS. The number of aryl methyl sites for hydroxylation is 1. The van der Waals surface area contributed by atoms with E-state index in [-0.39, 0.29) is 5.56 Å². The van der Waals surface area contributed by atoms with Crippen LogP contribution in [-0.4, -0.2) is 19.6 Å². The summed E-state index contributed by atoms with van der Waals surface area (Å²) in [5, 5.41) is 7.02. The molecule has 0 saturated carbocycles. The summed E-state index contributed by atoms with van der Waals surface area (Å²) in [6, 6.07) is 11.3. The van der Waals surface area contributed by atoms with Crippen LogP contribution in [0, 0.1) is 6.92 Å². The highest BCUT2D eigenvalue weighted by Gasteiger charge is 2.13. The summed E-state index contributed by atoms with van der Waals surface area (Å²) in [6.45, 7) is 1.95. The van der Waals surface area contributed by atoms with E-state index in [0.29, 0.717) is 5.65 Å². The molecule has 0 fully saturated rings. The lowest BCUT2D eigenvalue weighted by Crippen LogP contribution is -2.14. The minimum absolute atomic E-state index is 0.160. The average molecular weight is 308 g/mol. The molecule has 0 aliphatic heterocycles. The van der Waals surface area contributed by atoms with Crippen LogP contribution in [0.25, 0.3) is 27.5 Å². The molecule has 0 aliphatic rings. The van der Waals surface area contributed by atoms with Gasteiger partial charge in [-0.3, -0.25) is 4.79 Å². The first-order valence-corrected chi connectivity index (χ1v) is 7.69. The minimum atomic E-state index is -0.160. The van der Waals surface area contributed by atoms with Crippen LogP contribution < -0.4 is 5.56 Å². The van der Waals surface area contributed by atoms with E-state index in [1.54, 1.807) is 23.6 Å². The first-order chi connectivity index (χ1) is 10.7. The predicted octanol–water partition coefficient (Wildman–Crippen LogP) is 3.12. The summed E-state index contributed by atoms with van der Waals surface area (Å²) in [4.78, 5) is 20.1. The van der Waals surface area contributed by atoms with Crippen LogP contribution in [0.1, 0.15) is 5.69 Å². The van der Waals surface area contributed by atoms with Crippen molar-refractivity contribution < 1.29 is 0 Å². The van der Waals surface area contributed by atoms with Crippen molar-refractivity contribution >= 4 is 17.0 Å². The number of hydrogen-bond acceptors (Lipinski definition) is 4. The number of aromatic amines is 1. The quantitative estimate of drug-likeness (QED) is 0.619. The Labute approximate surface area is 129 Å². The van der Waals surface area contributed by atoms with Gasteiger partial charge in [-0.2, -0.15) is 9.61 Å². The average Bonchev–Trinajstić information content (AvgIpc) is 3.14. The molecule has 0 saturated heterocycles. The first-order valence-electron chi connectivity index (χ1n) is 6.81. The fourth-order valence-electron chi connectivity index (χ4n) is 2.39. The van der Waals surface area contributed by atoms with E-state index in [0.717, 1.165) is 27.5 Å². The van der Waals surface area contributed by atoms with E-state index in [9.17, 15) is 4.79 Å². The predicted molar refractivity (Wildman–Crippen MR) is 87.1 cm³/mol. The van der Waals surface area contributed by atoms with Gasteiger partial charge in [0.25, 0.3) is 5.56 Å². The number of fused-ring (bicyclic) bond motifs is 1. The van der Waals surface area contributed by atoms with Crippen molar-refractivity contribution in [2.75, 3.05) is 0 Å². The van der Waals surface area contributed by atoms with E-state index in [4.69, 9.17) is 0 Å². The third-order valence-electron chi connectivity index (χ3n) is 3.43. The standard InChI is InChI=1S/C16H12N4OS/c1-10-9-22-16(18-10)12-8-17-20-14(21)7-13(19-15(12)20)11-5-3-2-4-6-11/h2-9,19H,1H3. The zero-order chi connectivity index (χ0) is 15.1. The normalized spacial score (nSPS) is 11.1. The number of H-pyrrole nitrogens is 1. The third kappa shape index (κ3) is 2.05. The van der Waals surface area contributed by atoms with Gasteiger partial charge >= 0.3 is 0 Å². The lowest BCUT2D eigenvalue weighted by atomic mass is 10.1. The Balaban J connectivity index is 1.98. The zero-order valence-electron chi connectivity index (χ0n) is 11.8. The van der Waals surface area contributed by atoms with Crippen molar-refractivity contribution in [3.05, 3.63) is 64.0 Å². The van der Waals surface area contributed by atoms with Crippen molar-refractivity contribution in [3.63, 3.8) is 0 Å². The molecule has 4 rings (SSSR count). The summed E-state index contributed by atoms with van der Waals surface area (Å²) in [5.41, 5.74) is 4.04. The molecule has 1 aromatic carbocycles. The smallest absolute Gasteiger partial charge is 0.274 e. The molecule has 5 nitrogen and oxygen atoms in total. The monoisotopic (exact) mass is 308 g/mol. The Morgan fingerprint density at radius 1 is 1.23 bits per heavy atom. The first kappa shape index (κ1) is 13.0. The van der Waals surface area contributed by atoms with Crippen molar-refractivity contribution in [2.24, 2.45) is 0 Å². The fraction of sp³-hybridized carbons (Fsp3) is 0.0625. The third-order valence-corrected chi connectivity index (χ3v) is 4.43. The number of nitrogens with zero attached hydrogens (tertiary/aromatic N) is 3.